The highest BCUT2D eigenvalue weighted by Gasteiger charge is 2.22. The maximum absolute atomic E-state index is 12.3. The first kappa shape index (κ1) is 26.7. The fourth-order valence-electron chi connectivity index (χ4n) is 3.44. The van der Waals surface area contributed by atoms with Gasteiger partial charge in [-0.3, -0.25) is 0 Å². The molecule has 0 saturated heterocycles. The molecule has 172 valence electrons. The molecule has 31 heavy (non-hydrogen) atoms. The van der Waals surface area contributed by atoms with Crippen LogP contribution in [0.3, 0.4) is 0 Å². The predicted molar refractivity (Wildman–Crippen MR) is 126 cm³/mol. The molecule has 1 aromatic carbocycles. The number of unbranched alkanes of at least 4 members (excludes halogenated alkanes) is 11. The average molecular weight is 430 g/mol. The number of azide groups is 1. The molecule has 0 spiro atoms. The Morgan fingerprint density at radius 1 is 1.03 bits per heavy atom. The minimum absolute atomic E-state index is 0.389. The molecular formula is C25H39N3O3. The highest BCUT2D eigenvalue weighted by atomic mass is 16.5. The van der Waals surface area contributed by atoms with Crippen LogP contribution in [0.4, 0.5) is 0 Å². The van der Waals surface area contributed by atoms with Gasteiger partial charge in [0.25, 0.3) is 0 Å². The molecule has 2 atom stereocenters. The van der Waals surface area contributed by atoms with Gasteiger partial charge in [-0.1, -0.05) is 101 Å². The number of ether oxygens (including phenoxy) is 1. The summed E-state index contributed by atoms with van der Waals surface area (Å²) in [6, 6.07) is 7.81. The first-order valence-corrected chi connectivity index (χ1v) is 11.8. The van der Waals surface area contributed by atoms with Crippen molar-refractivity contribution >= 4 is 5.97 Å². The molecule has 0 aromatic heterocycles. The summed E-state index contributed by atoms with van der Waals surface area (Å²) in [5, 5.41) is 13.1. The van der Waals surface area contributed by atoms with E-state index in [1.54, 1.807) is 30.3 Å². The van der Waals surface area contributed by atoms with Crippen molar-refractivity contribution in [1.29, 1.82) is 0 Å². The summed E-state index contributed by atoms with van der Waals surface area (Å²) in [5.41, 5.74) is 9.15. The highest BCUT2D eigenvalue weighted by Crippen LogP contribution is 2.14. The number of hydrogen-bond donors (Lipinski definition) is 1. The summed E-state index contributed by atoms with van der Waals surface area (Å²) in [7, 11) is 0. The topological polar surface area (TPSA) is 95.3 Å². The van der Waals surface area contributed by atoms with Gasteiger partial charge in [-0.15, -0.1) is 0 Å². The number of rotatable bonds is 18. The van der Waals surface area contributed by atoms with E-state index in [4.69, 9.17) is 10.3 Å². The van der Waals surface area contributed by atoms with E-state index in [0.29, 0.717) is 5.56 Å². The molecule has 1 rings (SSSR count). The number of hydrogen-bond acceptors (Lipinski definition) is 4. The molecule has 6 heteroatoms. The maximum atomic E-state index is 12.3. The SMILES string of the molecule is CCCCCCCCCCCCC/C=C/[C@@H](OC(=O)c1ccccc1)C(CO)N=[N+]=[N-]. The highest BCUT2D eigenvalue weighted by molar-refractivity contribution is 5.89. The summed E-state index contributed by atoms with van der Waals surface area (Å²) >= 11 is 0. The maximum Gasteiger partial charge on any atom is 0.338 e. The Morgan fingerprint density at radius 3 is 2.16 bits per heavy atom. The molecule has 0 radical (unpaired) electrons. The summed E-state index contributed by atoms with van der Waals surface area (Å²) < 4.78 is 5.50. The fourth-order valence-corrected chi connectivity index (χ4v) is 3.44. The van der Waals surface area contributed by atoms with E-state index < -0.39 is 18.1 Å². The summed E-state index contributed by atoms with van der Waals surface area (Å²) in [6.45, 7) is 1.86. The average Bonchev–Trinajstić information content (AvgIpc) is 2.80. The predicted octanol–water partition coefficient (Wildman–Crippen LogP) is 7.14. The van der Waals surface area contributed by atoms with E-state index in [1.165, 1.54) is 64.2 Å². The van der Waals surface area contributed by atoms with Gasteiger partial charge in [0.2, 0.25) is 0 Å². The van der Waals surface area contributed by atoms with Crippen molar-refractivity contribution in [3.63, 3.8) is 0 Å². The van der Waals surface area contributed by atoms with Gasteiger partial charge >= 0.3 is 5.97 Å². The lowest BCUT2D eigenvalue weighted by atomic mass is 10.0. The van der Waals surface area contributed by atoms with Gasteiger partial charge < -0.3 is 9.84 Å². The Balaban J connectivity index is 2.32. The van der Waals surface area contributed by atoms with Crippen LogP contribution in [-0.4, -0.2) is 29.8 Å². The van der Waals surface area contributed by atoms with Gasteiger partial charge in [-0.2, -0.15) is 0 Å². The standard InChI is InChI=1S/C25H39N3O3/c1-2-3-4-5-6-7-8-9-10-11-12-13-17-20-24(23(21-29)27-28-26)31-25(30)22-18-15-14-16-19-22/h14-20,23-24,29H,2-13,21H2,1H3/b20-17+/t23?,24-/m1/s1. The molecule has 0 amide bonds. The third-order valence-corrected chi connectivity index (χ3v) is 5.32. The second kappa shape index (κ2) is 18.5. The Labute approximate surface area is 187 Å². The number of carbonyl (C=O) groups is 1. The quantitative estimate of drug-likeness (QED) is 0.0670. The molecule has 1 aromatic rings. The van der Waals surface area contributed by atoms with Crippen molar-refractivity contribution in [1.82, 2.24) is 0 Å². The smallest absolute Gasteiger partial charge is 0.338 e. The van der Waals surface area contributed by atoms with E-state index in [0.717, 1.165) is 12.8 Å². The van der Waals surface area contributed by atoms with Crippen molar-refractivity contribution < 1.29 is 14.6 Å². The first-order chi connectivity index (χ1) is 15.2. The van der Waals surface area contributed by atoms with Crippen molar-refractivity contribution in [2.45, 2.75) is 96.1 Å². The molecule has 6 nitrogen and oxygen atoms in total. The molecule has 1 unspecified atom stereocenters. The first-order valence-electron chi connectivity index (χ1n) is 11.8. The Morgan fingerprint density at radius 2 is 1.61 bits per heavy atom. The van der Waals surface area contributed by atoms with Gasteiger partial charge in [0.1, 0.15) is 12.1 Å². The number of aliphatic hydroxyl groups is 1. The lowest BCUT2D eigenvalue weighted by molar-refractivity contribution is 0.0304. The molecule has 0 aliphatic carbocycles. The zero-order valence-corrected chi connectivity index (χ0v) is 19.0. The lowest BCUT2D eigenvalue weighted by Crippen LogP contribution is -2.31. The molecule has 1 N–H and O–H groups in total. The zero-order chi connectivity index (χ0) is 22.6. The van der Waals surface area contributed by atoms with E-state index in [1.807, 2.05) is 12.1 Å². The zero-order valence-electron chi connectivity index (χ0n) is 19.0. The van der Waals surface area contributed by atoms with Crippen LogP contribution < -0.4 is 0 Å². The van der Waals surface area contributed by atoms with Crippen LogP contribution in [0.5, 0.6) is 0 Å². The second-order valence-electron chi connectivity index (χ2n) is 7.94. The number of aliphatic hydroxyl groups excluding tert-OH is 1. The van der Waals surface area contributed by atoms with Crippen molar-refractivity contribution in [2.75, 3.05) is 6.61 Å². The number of allylic oxidation sites excluding steroid dienone is 1. The third-order valence-electron chi connectivity index (χ3n) is 5.32. The summed E-state index contributed by atoms with van der Waals surface area (Å²) in [6.07, 6.45) is 18.0. The number of nitrogens with zero attached hydrogens (tertiary/aromatic N) is 3. The minimum atomic E-state index is -0.841. The van der Waals surface area contributed by atoms with E-state index in [2.05, 4.69) is 16.9 Å². The van der Waals surface area contributed by atoms with Crippen LogP contribution in [0.2, 0.25) is 0 Å². The summed E-state index contributed by atoms with van der Waals surface area (Å²) in [4.78, 5) is 15.1. The van der Waals surface area contributed by atoms with E-state index >= 15 is 0 Å². The van der Waals surface area contributed by atoms with Crippen molar-refractivity contribution in [3.8, 4) is 0 Å². The molecule has 0 aliphatic heterocycles. The van der Waals surface area contributed by atoms with Crippen LogP contribution in [0.15, 0.2) is 47.6 Å². The normalized spacial score (nSPS) is 13.0. The van der Waals surface area contributed by atoms with Gasteiger partial charge in [-0.25, -0.2) is 4.79 Å². The van der Waals surface area contributed by atoms with Crippen LogP contribution >= 0.6 is 0 Å². The summed E-state index contributed by atoms with van der Waals surface area (Å²) in [5.74, 6) is -0.503. The molecule has 0 heterocycles. The molecule has 0 bridgehead atoms. The minimum Gasteiger partial charge on any atom is -0.454 e. The van der Waals surface area contributed by atoms with Gasteiger partial charge in [0.15, 0.2) is 0 Å². The van der Waals surface area contributed by atoms with Gasteiger partial charge in [-0.05, 0) is 36.6 Å². The van der Waals surface area contributed by atoms with Crippen LogP contribution in [-0.2, 0) is 4.74 Å². The fraction of sp³-hybridized carbons (Fsp3) is 0.640. The molecule has 0 fully saturated rings. The van der Waals surface area contributed by atoms with E-state index in [-0.39, 0.29) is 6.61 Å². The van der Waals surface area contributed by atoms with Crippen molar-refractivity contribution in [2.24, 2.45) is 5.11 Å². The van der Waals surface area contributed by atoms with Crippen molar-refractivity contribution in [3.05, 3.63) is 58.5 Å². The van der Waals surface area contributed by atoms with Crippen LogP contribution in [0.25, 0.3) is 10.4 Å². The van der Waals surface area contributed by atoms with E-state index in [9.17, 15) is 9.90 Å². The second-order valence-corrected chi connectivity index (χ2v) is 7.94. The Bertz CT molecular complexity index is 657. The molecule has 0 saturated carbocycles. The number of carbonyl (C=O) groups excluding carboxylic acids is 1. The Hall–Kier alpha value is -2.30. The van der Waals surface area contributed by atoms with Gasteiger partial charge in [0, 0.05) is 4.91 Å². The van der Waals surface area contributed by atoms with Crippen LogP contribution in [0.1, 0.15) is 94.3 Å². The molecular weight excluding hydrogens is 390 g/mol. The number of benzene rings is 1. The lowest BCUT2D eigenvalue weighted by Gasteiger charge is -2.19. The Kier molecular flexibility index (Phi) is 15.9. The number of esters is 1. The van der Waals surface area contributed by atoms with Crippen LogP contribution in [0, 0.1) is 0 Å². The van der Waals surface area contributed by atoms with Gasteiger partial charge in [0.05, 0.1) is 12.2 Å². The molecule has 0 aliphatic rings. The largest absolute Gasteiger partial charge is 0.454 e. The monoisotopic (exact) mass is 429 g/mol. The third kappa shape index (κ3) is 12.9.